The van der Waals surface area contributed by atoms with E-state index in [1.807, 2.05) is 19.0 Å². The monoisotopic (exact) mass is 1050 g/mol. The van der Waals surface area contributed by atoms with Gasteiger partial charge in [-0.15, -0.1) is 0 Å². The van der Waals surface area contributed by atoms with Crippen molar-refractivity contribution in [1.29, 1.82) is 0 Å². The zero-order chi connectivity index (χ0) is 49.6. The number of fused-ring (bicyclic) bond motifs is 1. The van der Waals surface area contributed by atoms with E-state index < -0.39 is 37.8 Å². The second-order valence-electron chi connectivity index (χ2n) is 17.4. The van der Waals surface area contributed by atoms with Crippen molar-refractivity contribution in [2.75, 3.05) is 106 Å². The molecule has 1 aliphatic carbocycles. The molecule has 3 aromatic rings. The SMILES string of the molecule is CN(C)[C@H]1Cc2c(Cl)cc(Cl)cc2[C@@H]1Oc1ccc(S(=O)(=O)N[C@@H]2CCN(CCOCCNC(=O)NCCCCNC(=O)NCCOCCN3CC[C@@H](NS(=O)(=O)c4cccc(F)c4)C3)C2)cc1F. The number of hydrogen-bond donors (Lipinski definition) is 6. The Kier molecular flexibility index (Phi) is 20.5. The molecule has 3 aromatic carbocycles. The molecule has 2 saturated heterocycles. The van der Waals surface area contributed by atoms with Gasteiger partial charge in [-0.1, -0.05) is 29.3 Å². The minimum atomic E-state index is -4.02. The smallest absolute Gasteiger partial charge is 0.314 e. The lowest BCUT2D eigenvalue weighted by molar-refractivity contribution is 0.107. The number of nitrogens with zero attached hydrogens (tertiary/aromatic N) is 3. The Morgan fingerprint density at radius 2 is 1.28 bits per heavy atom. The number of ether oxygens (including phenoxy) is 3. The number of likely N-dealkylation sites (tertiary alicyclic amines) is 2. The van der Waals surface area contributed by atoms with E-state index in [4.69, 9.17) is 37.4 Å². The molecule has 0 aromatic heterocycles. The van der Waals surface area contributed by atoms with Gasteiger partial charge in [0.15, 0.2) is 11.6 Å². The van der Waals surface area contributed by atoms with Crippen molar-refractivity contribution >= 4 is 55.3 Å². The molecule has 0 saturated carbocycles. The number of nitrogens with one attached hydrogen (secondary N) is 6. The lowest BCUT2D eigenvalue weighted by Gasteiger charge is -2.27. The van der Waals surface area contributed by atoms with Gasteiger partial charge in [-0.3, -0.25) is 9.80 Å². The van der Waals surface area contributed by atoms with Crippen LogP contribution in [0.2, 0.25) is 10.0 Å². The van der Waals surface area contributed by atoms with E-state index in [9.17, 15) is 30.8 Å². The topological polar surface area (TPSA) is 212 Å². The Morgan fingerprint density at radius 3 is 1.81 bits per heavy atom. The number of amides is 4. The van der Waals surface area contributed by atoms with E-state index >= 15 is 4.39 Å². The fourth-order valence-electron chi connectivity index (χ4n) is 8.41. The Morgan fingerprint density at radius 1 is 0.725 bits per heavy atom. The van der Waals surface area contributed by atoms with Crippen LogP contribution in [0.3, 0.4) is 0 Å². The second-order valence-corrected chi connectivity index (χ2v) is 21.7. The molecule has 4 atom stereocenters. The summed E-state index contributed by atoms with van der Waals surface area (Å²) in [5.41, 5.74) is 1.65. The average molecular weight is 1050 g/mol. The highest BCUT2D eigenvalue weighted by Crippen LogP contribution is 2.42. The van der Waals surface area contributed by atoms with Crippen molar-refractivity contribution in [3.05, 3.63) is 87.4 Å². The summed E-state index contributed by atoms with van der Waals surface area (Å²) >= 11 is 12.7. The zero-order valence-corrected chi connectivity index (χ0v) is 41.9. The summed E-state index contributed by atoms with van der Waals surface area (Å²) in [7, 11) is -4.04. The molecular weight excluding hydrogens is 984 g/mol. The number of benzene rings is 3. The molecule has 6 rings (SSSR count). The molecule has 24 heteroatoms. The summed E-state index contributed by atoms with van der Waals surface area (Å²) in [6, 6.07) is 10.5. The first-order valence-electron chi connectivity index (χ1n) is 23.0. The molecule has 3 aliphatic rings. The number of rotatable bonds is 26. The van der Waals surface area contributed by atoms with Gasteiger partial charge in [0, 0.05) is 80.1 Å². The van der Waals surface area contributed by atoms with E-state index in [2.05, 4.69) is 40.5 Å². The van der Waals surface area contributed by atoms with Crippen molar-refractivity contribution in [2.24, 2.45) is 0 Å². The van der Waals surface area contributed by atoms with Gasteiger partial charge >= 0.3 is 12.1 Å². The van der Waals surface area contributed by atoms with Gasteiger partial charge in [-0.05, 0) is 113 Å². The third-order valence-electron chi connectivity index (χ3n) is 12.0. The van der Waals surface area contributed by atoms with E-state index in [1.54, 1.807) is 12.1 Å². The largest absolute Gasteiger partial charge is 0.481 e. The summed E-state index contributed by atoms with van der Waals surface area (Å²) in [6.07, 6.45) is 2.54. The first-order valence-corrected chi connectivity index (χ1v) is 26.7. The molecule has 6 N–H and O–H groups in total. The standard InChI is InChI=1S/C45H63Cl2F2N9O9S2/c1-56(2)41-28-37-38(24-31(46)25-39(37)47)43(41)67-42-9-8-36(27-40(42)49)69(63,64)55-34-11-17-58(30-34)19-23-66-21-15-53-45(60)51-13-4-3-12-50-44(59)52-14-20-65-22-18-57-16-10-33(29-57)54-68(61,62)35-7-5-6-32(48)26-35/h5-9,24-27,33-34,41,43,54-55H,3-4,10-23,28-30H2,1-2H3,(H2,50,52,59)(H2,51,53,60)/t33-,34-,41+,43+/m1/s1. The summed E-state index contributed by atoms with van der Waals surface area (Å²) in [6.45, 7) is 6.39. The van der Waals surface area contributed by atoms with Crippen molar-refractivity contribution < 1.29 is 49.4 Å². The molecule has 0 radical (unpaired) electrons. The summed E-state index contributed by atoms with van der Waals surface area (Å²) < 4.78 is 103. The van der Waals surface area contributed by atoms with E-state index in [0.717, 1.165) is 23.3 Å². The van der Waals surface area contributed by atoms with Gasteiger partial charge < -0.3 is 40.4 Å². The molecule has 382 valence electrons. The van der Waals surface area contributed by atoms with E-state index in [0.29, 0.717) is 134 Å². The summed E-state index contributed by atoms with van der Waals surface area (Å²) in [4.78, 5) is 30.1. The molecule has 18 nitrogen and oxygen atoms in total. The number of hydrogen-bond acceptors (Lipinski definition) is 12. The maximum Gasteiger partial charge on any atom is 0.314 e. The third kappa shape index (κ3) is 16.6. The maximum absolute atomic E-state index is 15.4. The normalized spacial score (nSPS) is 19.8. The highest BCUT2D eigenvalue weighted by atomic mass is 35.5. The Hall–Kier alpha value is -3.94. The predicted octanol–water partition coefficient (Wildman–Crippen LogP) is 3.70. The number of carbonyl (C=O) groups excluding carboxylic acids is 2. The number of sulfonamides is 2. The molecule has 0 bridgehead atoms. The molecule has 69 heavy (non-hydrogen) atoms. The lowest BCUT2D eigenvalue weighted by atomic mass is 10.1. The summed E-state index contributed by atoms with van der Waals surface area (Å²) in [5.74, 6) is -1.49. The Bertz CT molecular complexity index is 2430. The summed E-state index contributed by atoms with van der Waals surface area (Å²) in [5, 5.41) is 12.0. The highest BCUT2D eigenvalue weighted by molar-refractivity contribution is 7.89. The third-order valence-corrected chi connectivity index (χ3v) is 15.6. The van der Waals surface area contributed by atoms with Crippen molar-refractivity contribution in [3.63, 3.8) is 0 Å². The number of urea groups is 2. The predicted molar refractivity (Wildman–Crippen MR) is 258 cm³/mol. The van der Waals surface area contributed by atoms with Crippen LogP contribution >= 0.6 is 23.2 Å². The van der Waals surface area contributed by atoms with Crippen LogP contribution in [0.4, 0.5) is 18.4 Å². The van der Waals surface area contributed by atoms with Crippen LogP contribution in [-0.2, 0) is 35.9 Å². The van der Waals surface area contributed by atoms with Gasteiger partial charge in [0.25, 0.3) is 0 Å². The minimum Gasteiger partial charge on any atom is -0.481 e. The number of unbranched alkanes of at least 4 members (excludes halogenated alkanes) is 1. The van der Waals surface area contributed by atoms with Gasteiger partial charge in [0.05, 0.1) is 42.3 Å². The van der Waals surface area contributed by atoms with Crippen LogP contribution in [0.25, 0.3) is 0 Å². The van der Waals surface area contributed by atoms with Crippen LogP contribution < -0.4 is 35.4 Å². The first kappa shape index (κ1) is 54.4. The number of carbonyl (C=O) groups is 2. The van der Waals surface area contributed by atoms with Crippen molar-refractivity contribution in [3.8, 4) is 5.75 Å². The molecule has 2 heterocycles. The minimum absolute atomic E-state index is 0.0784. The first-order chi connectivity index (χ1) is 33.0. The molecule has 4 amide bonds. The van der Waals surface area contributed by atoms with E-state index in [-0.39, 0.29) is 45.7 Å². The molecule has 2 fully saturated rings. The molecule has 2 aliphatic heterocycles. The van der Waals surface area contributed by atoms with Crippen LogP contribution in [-0.4, -0.2) is 168 Å². The maximum atomic E-state index is 15.4. The molecule has 0 unspecified atom stereocenters. The van der Waals surface area contributed by atoms with Crippen molar-refractivity contribution in [2.45, 2.75) is 66.1 Å². The van der Waals surface area contributed by atoms with Crippen molar-refractivity contribution in [1.82, 2.24) is 45.4 Å². The van der Waals surface area contributed by atoms with Gasteiger partial charge in [0.2, 0.25) is 20.0 Å². The molecule has 0 spiro atoms. The zero-order valence-electron chi connectivity index (χ0n) is 38.8. The highest BCUT2D eigenvalue weighted by Gasteiger charge is 2.38. The second kappa shape index (κ2) is 26.0. The van der Waals surface area contributed by atoms with Crippen LogP contribution in [0, 0.1) is 11.6 Å². The molecular formula is C45H63Cl2F2N9O9S2. The van der Waals surface area contributed by atoms with Gasteiger partial charge in [0.1, 0.15) is 11.9 Å². The van der Waals surface area contributed by atoms with Crippen LogP contribution in [0.15, 0.2) is 64.4 Å². The van der Waals surface area contributed by atoms with E-state index in [1.165, 1.54) is 30.3 Å². The van der Waals surface area contributed by atoms with Crippen LogP contribution in [0.1, 0.15) is 42.9 Å². The number of likely N-dealkylation sites (N-methyl/N-ethyl adjacent to an activating group) is 1. The van der Waals surface area contributed by atoms with Gasteiger partial charge in [-0.25, -0.2) is 44.6 Å². The lowest BCUT2D eigenvalue weighted by Crippen LogP contribution is -2.39. The van der Waals surface area contributed by atoms with Gasteiger partial charge in [-0.2, -0.15) is 0 Å². The fourth-order valence-corrected chi connectivity index (χ4v) is 11.6. The Balaban J connectivity index is 0.739. The number of halogens is 4. The quantitative estimate of drug-likeness (QED) is 0.0637. The Labute approximate surface area is 413 Å². The average Bonchev–Trinajstić information content (AvgIpc) is 4.03. The van der Waals surface area contributed by atoms with Crippen LogP contribution in [0.5, 0.6) is 5.75 Å². The fraction of sp³-hybridized carbons (Fsp3) is 0.556.